The molecule has 0 saturated heterocycles. The lowest BCUT2D eigenvalue weighted by molar-refractivity contribution is 0.977. The molecule has 0 fully saturated rings. The Morgan fingerprint density at radius 2 is 1.76 bits per heavy atom. The number of benzene rings is 2. The third-order valence-corrected chi connectivity index (χ3v) is 2.88. The molecule has 3 aromatic rings. The Kier molecular flexibility index (Phi) is 2.46. The van der Waals surface area contributed by atoms with Crippen LogP contribution in [0.5, 0.6) is 0 Å². The van der Waals surface area contributed by atoms with Gasteiger partial charge in [-0.3, -0.25) is 0 Å². The molecule has 0 spiro atoms. The average molecular weight is 242 g/mol. The van der Waals surface area contributed by atoms with Crippen LogP contribution in [0.15, 0.2) is 48.8 Å². The van der Waals surface area contributed by atoms with Crippen LogP contribution in [-0.4, -0.2) is 15.2 Å². The molecule has 0 atom stereocenters. The van der Waals surface area contributed by atoms with E-state index in [9.17, 15) is 0 Å². The molecule has 0 aliphatic carbocycles. The van der Waals surface area contributed by atoms with Crippen molar-refractivity contribution in [2.75, 3.05) is 0 Å². The Morgan fingerprint density at radius 1 is 0.941 bits per heavy atom. The van der Waals surface area contributed by atoms with E-state index >= 15 is 0 Å². The zero-order valence-corrected chi connectivity index (χ0v) is 9.59. The van der Waals surface area contributed by atoms with Gasteiger partial charge in [0.15, 0.2) is 5.15 Å². The topological polar surface area (TPSA) is 38.7 Å². The third-order valence-electron chi connectivity index (χ3n) is 2.60. The zero-order chi connectivity index (χ0) is 11.7. The molecule has 0 aliphatic heterocycles. The smallest absolute Gasteiger partial charge is 0.159 e. The van der Waals surface area contributed by atoms with Gasteiger partial charge >= 0.3 is 0 Å². The van der Waals surface area contributed by atoms with E-state index in [4.69, 9.17) is 11.6 Å². The molecule has 3 rings (SSSR count). The molecule has 3 nitrogen and oxygen atoms in total. The monoisotopic (exact) mass is 241 g/mol. The number of hydrogen-bond donors (Lipinski definition) is 0. The highest BCUT2D eigenvalue weighted by Crippen LogP contribution is 2.26. The second-order valence-electron chi connectivity index (χ2n) is 3.66. The second-order valence-corrected chi connectivity index (χ2v) is 4.02. The first-order chi connectivity index (χ1) is 8.34. The van der Waals surface area contributed by atoms with Crippen LogP contribution in [0, 0.1) is 0 Å². The number of aromatic nitrogens is 3. The average Bonchev–Trinajstić information content (AvgIpc) is 2.39. The highest BCUT2D eigenvalue weighted by molar-refractivity contribution is 6.31. The SMILES string of the molecule is Clc1ncnnc1-c1ccc2ccccc2c1. The molecule has 0 N–H and O–H groups in total. The van der Waals surface area contributed by atoms with Gasteiger partial charge in [-0.2, -0.15) is 0 Å². The van der Waals surface area contributed by atoms with E-state index in [-0.39, 0.29) is 0 Å². The van der Waals surface area contributed by atoms with Crippen LogP contribution in [0.2, 0.25) is 5.15 Å². The molecule has 4 heteroatoms. The van der Waals surface area contributed by atoms with Crippen molar-refractivity contribution in [1.29, 1.82) is 0 Å². The molecular weight excluding hydrogens is 234 g/mol. The minimum Gasteiger partial charge on any atom is -0.220 e. The first kappa shape index (κ1) is 10.2. The molecule has 0 unspecified atom stereocenters. The summed E-state index contributed by atoms with van der Waals surface area (Å²) in [7, 11) is 0. The molecule has 1 aromatic heterocycles. The molecule has 0 bridgehead atoms. The summed E-state index contributed by atoms with van der Waals surface area (Å²) in [5.74, 6) is 0. The molecule has 82 valence electrons. The van der Waals surface area contributed by atoms with E-state index in [0.717, 1.165) is 10.9 Å². The first-order valence-corrected chi connectivity index (χ1v) is 5.55. The van der Waals surface area contributed by atoms with Gasteiger partial charge in [0.1, 0.15) is 12.0 Å². The van der Waals surface area contributed by atoms with E-state index in [2.05, 4.69) is 27.3 Å². The maximum absolute atomic E-state index is 6.00. The zero-order valence-electron chi connectivity index (χ0n) is 8.84. The van der Waals surface area contributed by atoms with Crippen molar-refractivity contribution in [2.45, 2.75) is 0 Å². The van der Waals surface area contributed by atoms with Crippen LogP contribution in [0.25, 0.3) is 22.0 Å². The van der Waals surface area contributed by atoms with Crippen LogP contribution in [-0.2, 0) is 0 Å². The van der Waals surface area contributed by atoms with Crippen molar-refractivity contribution in [3.05, 3.63) is 53.9 Å². The molecule has 1 heterocycles. The number of halogens is 1. The lowest BCUT2D eigenvalue weighted by Gasteiger charge is -2.03. The fourth-order valence-corrected chi connectivity index (χ4v) is 1.97. The minimum atomic E-state index is 0.371. The van der Waals surface area contributed by atoms with Crippen molar-refractivity contribution in [1.82, 2.24) is 15.2 Å². The normalized spacial score (nSPS) is 10.6. The first-order valence-electron chi connectivity index (χ1n) is 5.17. The summed E-state index contributed by atoms with van der Waals surface area (Å²) in [4.78, 5) is 3.93. The predicted octanol–water partition coefficient (Wildman–Crippen LogP) is 3.35. The summed E-state index contributed by atoms with van der Waals surface area (Å²) < 4.78 is 0. The highest BCUT2D eigenvalue weighted by atomic mass is 35.5. The Morgan fingerprint density at radius 3 is 2.59 bits per heavy atom. The highest BCUT2D eigenvalue weighted by Gasteiger charge is 2.06. The molecule has 0 radical (unpaired) electrons. The van der Waals surface area contributed by atoms with Gasteiger partial charge in [-0.05, 0) is 16.8 Å². The Hall–Kier alpha value is -2.00. The van der Waals surface area contributed by atoms with Crippen molar-refractivity contribution < 1.29 is 0 Å². The lowest BCUT2D eigenvalue weighted by Crippen LogP contribution is -1.90. The minimum absolute atomic E-state index is 0.371. The number of fused-ring (bicyclic) bond motifs is 1. The van der Waals surface area contributed by atoms with Gasteiger partial charge in [0, 0.05) is 5.56 Å². The summed E-state index contributed by atoms with van der Waals surface area (Å²) in [6, 6.07) is 14.2. The molecule has 0 saturated carbocycles. The standard InChI is InChI=1S/C13H8ClN3/c14-13-12(17-16-8-15-13)11-6-5-9-3-1-2-4-10(9)7-11/h1-8H. The molecule has 2 aromatic carbocycles. The number of rotatable bonds is 1. The van der Waals surface area contributed by atoms with E-state index in [1.165, 1.54) is 11.7 Å². The van der Waals surface area contributed by atoms with Crippen LogP contribution in [0.3, 0.4) is 0 Å². The van der Waals surface area contributed by atoms with E-state index in [0.29, 0.717) is 10.8 Å². The lowest BCUT2D eigenvalue weighted by atomic mass is 10.1. The Bertz CT molecular complexity index is 682. The Balaban J connectivity index is 2.22. The molecule has 17 heavy (non-hydrogen) atoms. The maximum Gasteiger partial charge on any atom is 0.159 e. The van der Waals surface area contributed by atoms with Gasteiger partial charge in [-0.25, -0.2) is 4.98 Å². The van der Waals surface area contributed by atoms with Crippen molar-refractivity contribution in [3.63, 3.8) is 0 Å². The Labute approximate surface area is 103 Å². The fraction of sp³-hybridized carbons (Fsp3) is 0. The summed E-state index contributed by atoms with van der Waals surface area (Å²) in [5, 5.41) is 10.5. The summed E-state index contributed by atoms with van der Waals surface area (Å²) in [6.45, 7) is 0. The third kappa shape index (κ3) is 1.85. The van der Waals surface area contributed by atoms with Crippen LogP contribution in [0.4, 0.5) is 0 Å². The molecular formula is C13H8ClN3. The van der Waals surface area contributed by atoms with Gasteiger partial charge in [0.2, 0.25) is 0 Å². The molecule has 0 aliphatic rings. The van der Waals surface area contributed by atoms with Gasteiger partial charge < -0.3 is 0 Å². The van der Waals surface area contributed by atoms with E-state index in [1.54, 1.807) is 0 Å². The fourth-order valence-electron chi connectivity index (χ4n) is 1.78. The summed E-state index contributed by atoms with van der Waals surface area (Å²) in [6.07, 6.45) is 1.34. The quantitative estimate of drug-likeness (QED) is 0.656. The maximum atomic E-state index is 6.00. The van der Waals surface area contributed by atoms with Crippen LogP contribution < -0.4 is 0 Å². The van der Waals surface area contributed by atoms with Crippen molar-refractivity contribution >= 4 is 22.4 Å². The van der Waals surface area contributed by atoms with Gasteiger partial charge in [-0.1, -0.05) is 48.0 Å². The molecule has 0 amide bonds. The summed E-state index contributed by atoms with van der Waals surface area (Å²) in [5.41, 5.74) is 1.54. The van der Waals surface area contributed by atoms with Crippen LogP contribution in [0.1, 0.15) is 0 Å². The van der Waals surface area contributed by atoms with E-state index < -0.39 is 0 Å². The van der Waals surface area contributed by atoms with E-state index in [1.807, 2.05) is 30.3 Å². The second kappa shape index (κ2) is 4.11. The van der Waals surface area contributed by atoms with Gasteiger partial charge in [0.25, 0.3) is 0 Å². The summed E-state index contributed by atoms with van der Waals surface area (Å²) >= 11 is 6.00. The number of hydrogen-bond acceptors (Lipinski definition) is 3. The van der Waals surface area contributed by atoms with Crippen molar-refractivity contribution in [2.24, 2.45) is 0 Å². The van der Waals surface area contributed by atoms with Crippen LogP contribution >= 0.6 is 11.6 Å². The number of nitrogens with zero attached hydrogens (tertiary/aromatic N) is 3. The largest absolute Gasteiger partial charge is 0.220 e. The van der Waals surface area contributed by atoms with Gasteiger partial charge in [-0.15, -0.1) is 10.2 Å². The van der Waals surface area contributed by atoms with Crippen molar-refractivity contribution in [3.8, 4) is 11.3 Å². The predicted molar refractivity (Wildman–Crippen MR) is 67.8 cm³/mol. The van der Waals surface area contributed by atoms with Gasteiger partial charge in [0.05, 0.1) is 0 Å².